The zero-order chi connectivity index (χ0) is 15.7. The topological polar surface area (TPSA) is 67.4 Å². The molecule has 0 aliphatic heterocycles. The monoisotopic (exact) mass is 292 g/mol. The Kier molecular flexibility index (Phi) is 6.72. The molecule has 0 fully saturated rings. The summed E-state index contributed by atoms with van der Waals surface area (Å²) in [6.07, 6.45) is 2.93. The summed E-state index contributed by atoms with van der Waals surface area (Å²) in [5.74, 6) is 0. The molecule has 0 unspecified atom stereocenters. The van der Waals surface area contributed by atoms with Crippen LogP contribution in [0.5, 0.6) is 0 Å². The first-order valence-corrected chi connectivity index (χ1v) is 7.17. The van der Waals surface area contributed by atoms with E-state index in [0.717, 1.165) is 30.5 Å². The number of carbonyl (C=O) groups is 2. The Balaban J connectivity index is 2.26. The molecule has 1 aromatic rings. The third kappa shape index (κ3) is 7.34. The van der Waals surface area contributed by atoms with E-state index in [9.17, 15) is 9.59 Å². The number of aryl methyl sites for hydroxylation is 1. The van der Waals surface area contributed by atoms with Gasteiger partial charge in [-0.1, -0.05) is 18.2 Å². The van der Waals surface area contributed by atoms with E-state index in [4.69, 9.17) is 4.74 Å². The lowest BCUT2D eigenvalue weighted by Crippen LogP contribution is -2.33. The molecular weight excluding hydrogens is 268 g/mol. The van der Waals surface area contributed by atoms with E-state index in [-0.39, 0.29) is 6.09 Å². The molecule has 1 aromatic carbocycles. The van der Waals surface area contributed by atoms with Crippen molar-refractivity contribution in [2.75, 3.05) is 11.9 Å². The van der Waals surface area contributed by atoms with Crippen LogP contribution in [0.4, 0.5) is 10.5 Å². The number of ether oxygens (including phenoxy) is 1. The molecule has 0 aliphatic rings. The number of hydrogen-bond donors (Lipinski definition) is 2. The Morgan fingerprint density at radius 2 is 1.95 bits per heavy atom. The van der Waals surface area contributed by atoms with Gasteiger partial charge >= 0.3 is 6.09 Å². The minimum Gasteiger partial charge on any atom is -0.444 e. The summed E-state index contributed by atoms with van der Waals surface area (Å²) in [5, 5.41) is 5.42. The van der Waals surface area contributed by atoms with E-state index in [1.807, 2.05) is 45.0 Å². The van der Waals surface area contributed by atoms with E-state index >= 15 is 0 Å². The summed E-state index contributed by atoms with van der Waals surface area (Å²) in [5.41, 5.74) is 1.47. The average Bonchev–Trinajstić information content (AvgIpc) is 2.38. The molecule has 5 nitrogen and oxygen atoms in total. The highest BCUT2D eigenvalue weighted by Crippen LogP contribution is 2.16. The molecule has 0 spiro atoms. The van der Waals surface area contributed by atoms with Crippen molar-refractivity contribution in [2.45, 2.75) is 45.6 Å². The number of nitrogens with one attached hydrogen (secondary N) is 2. The van der Waals surface area contributed by atoms with Crippen LogP contribution in [0.2, 0.25) is 0 Å². The Bertz CT molecular complexity index is 467. The third-order valence-electron chi connectivity index (χ3n) is 2.77. The van der Waals surface area contributed by atoms with Crippen molar-refractivity contribution >= 4 is 18.2 Å². The van der Waals surface area contributed by atoms with Crippen LogP contribution in [0.25, 0.3) is 0 Å². The molecule has 0 atom stereocenters. The maximum atomic E-state index is 11.4. The van der Waals surface area contributed by atoms with Gasteiger partial charge in [0.2, 0.25) is 6.41 Å². The summed E-state index contributed by atoms with van der Waals surface area (Å²) in [6, 6.07) is 7.71. The third-order valence-corrected chi connectivity index (χ3v) is 2.77. The molecule has 0 aromatic heterocycles. The van der Waals surface area contributed by atoms with Gasteiger partial charge < -0.3 is 15.4 Å². The molecule has 0 bridgehead atoms. The summed E-state index contributed by atoms with van der Waals surface area (Å²) < 4.78 is 5.15. The Morgan fingerprint density at radius 3 is 2.62 bits per heavy atom. The van der Waals surface area contributed by atoms with E-state index in [2.05, 4.69) is 10.6 Å². The summed E-state index contributed by atoms with van der Waals surface area (Å²) >= 11 is 0. The van der Waals surface area contributed by atoms with Crippen molar-refractivity contribution in [1.29, 1.82) is 0 Å². The Hall–Kier alpha value is -2.04. The highest BCUT2D eigenvalue weighted by Gasteiger charge is 2.15. The van der Waals surface area contributed by atoms with Gasteiger partial charge in [0.1, 0.15) is 5.60 Å². The van der Waals surface area contributed by atoms with Crippen LogP contribution in [0.3, 0.4) is 0 Å². The number of benzene rings is 1. The van der Waals surface area contributed by atoms with Gasteiger partial charge in [-0.05, 0) is 51.7 Å². The van der Waals surface area contributed by atoms with Crippen molar-refractivity contribution in [3.63, 3.8) is 0 Å². The quantitative estimate of drug-likeness (QED) is 0.599. The molecular formula is C16H24N2O3. The van der Waals surface area contributed by atoms with Gasteiger partial charge in [-0.2, -0.15) is 0 Å². The molecule has 0 saturated heterocycles. The van der Waals surface area contributed by atoms with Gasteiger partial charge in [0, 0.05) is 12.2 Å². The standard InChI is InChI=1S/C16H24N2O3/c1-16(2,3)21-15(20)17-11-7-6-9-13-8-4-5-10-14(13)18-12-19/h4-5,8,10,12H,6-7,9,11H2,1-3H3,(H,17,20)(H,18,19). The predicted octanol–water partition coefficient (Wildman–Crippen LogP) is 3.10. The minimum atomic E-state index is -0.469. The normalized spacial score (nSPS) is 10.8. The lowest BCUT2D eigenvalue weighted by molar-refractivity contribution is -0.105. The molecule has 2 N–H and O–H groups in total. The van der Waals surface area contributed by atoms with Gasteiger partial charge in [0.25, 0.3) is 0 Å². The fraction of sp³-hybridized carbons (Fsp3) is 0.500. The molecule has 0 heterocycles. The van der Waals surface area contributed by atoms with Crippen LogP contribution >= 0.6 is 0 Å². The molecule has 0 radical (unpaired) electrons. The molecule has 116 valence electrons. The number of carbonyl (C=O) groups excluding carboxylic acids is 2. The lowest BCUT2D eigenvalue weighted by Gasteiger charge is -2.19. The minimum absolute atomic E-state index is 0.384. The van der Waals surface area contributed by atoms with Gasteiger partial charge in [-0.25, -0.2) is 4.79 Å². The van der Waals surface area contributed by atoms with Crippen molar-refractivity contribution in [1.82, 2.24) is 5.32 Å². The first-order chi connectivity index (χ1) is 9.92. The first kappa shape index (κ1) is 17.0. The second-order valence-electron chi connectivity index (χ2n) is 5.81. The van der Waals surface area contributed by atoms with Crippen LogP contribution in [0.15, 0.2) is 24.3 Å². The van der Waals surface area contributed by atoms with Crippen molar-refractivity contribution in [3.8, 4) is 0 Å². The lowest BCUT2D eigenvalue weighted by atomic mass is 10.1. The molecule has 21 heavy (non-hydrogen) atoms. The van der Waals surface area contributed by atoms with E-state index in [1.165, 1.54) is 0 Å². The highest BCUT2D eigenvalue weighted by atomic mass is 16.6. The molecule has 0 aliphatic carbocycles. The van der Waals surface area contributed by atoms with E-state index < -0.39 is 5.60 Å². The summed E-state index contributed by atoms with van der Waals surface area (Å²) in [6.45, 7) is 6.09. The molecule has 0 saturated carbocycles. The van der Waals surface area contributed by atoms with Gasteiger partial charge in [-0.15, -0.1) is 0 Å². The number of amides is 2. The number of rotatable bonds is 7. The largest absolute Gasteiger partial charge is 0.444 e. The second kappa shape index (κ2) is 8.29. The Morgan fingerprint density at radius 1 is 1.24 bits per heavy atom. The van der Waals surface area contributed by atoms with Crippen LogP contribution < -0.4 is 10.6 Å². The maximum Gasteiger partial charge on any atom is 0.407 e. The van der Waals surface area contributed by atoms with E-state index in [1.54, 1.807) is 0 Å². The number of para-hydroxylation sites is 1. The number of hydrogen-bond acceptors (Lipinski definition) is 3. The van der Waals surface area contributed by atoms with Crippen molar-refractivity contribution < 1.29 is 14.3 Å². The van der Waals surface area contributed by atoms with Crippen LogP contribution in [-0.4, -0.2) is 24.6 Å². The van der Waals surface area contributed by atoms with Gasteiger partial charge in [0.15, 0.2) is 0 Å². The molecule has 2 amide bonds. The molecule has 5 heteroatoms. The fourth-order valence-electron chi connectivity index (χ4n) is 1.89. The average molecular weight is 292 g/mol. The van der Waals surface area contributed by atoms with Crippen molar-refractivity contribution in [3.05, 3.63) is 29.8 Å². The number of alkyl carbamates (subject to hydrolysis) is 1. The smallest absolute Gasteiger partial charge is 0.407 e. The fourth-order valence-corrected chi connectivity index (χ4v) is 1.89. The highest BCUT2D eigenvalue weighted by molar-refractivity contribution is 5.73. The van der Waals surface area contributed by atoms with Gasteiger partial charge in [0.05, 0.1) is 0 Å². The number of unbranched alkanes of at least 4 members (excludes halogenated alkanes) is 1. The Labute approximate surface area is 126 Å². The first-order valence-electron chi connectivity index (χ1n) is 7.17. The number of anilines is 1. The maximum absolute atomic E-state index is 11.4. The summed E-state index contributed by atoms with van der Waals surface area (Å²) in [4.78, 5) is 22.0. The van der Waals surface area contributed by atoms with Crippen LogP contribution in [0, 0.1) is 0 Å². The predicted molar refractivity (Wildman–Crippen MR) is 83.3 cm³/mol. The zero-order valence-corrected chi connectivity index (χ0v) is 12.9. The van der Waals surface area contributed by atoms with E-state index in [0.29, 0.717) is 13.0 Å². The van der Waals surface area contributed by atoms with Crippen LogP contribution in [0.1, 0.15) is 39.2 Å². The molecule has 1 rings (SSSR count). The zero-order valence-electron chi connectivity index (χ0n) is 12.9. The van der Waals surface area contributed by atoms with Crippen molar-refractivity contribution in [2.24, 2.45) is 0 Å². The second-order valence-corrected chi connectivity index (χ2v) is 5.81. The van der Waals surface area contributed by atoms with Crippen LogP contribution in [-0.2, 0) is 16.0 Å². The summed E-state index contributed by atoms with van der Waals surface area (Å²) in [7, 11) is 0. The SMILES string of the molecule is CC(C)(C)OC(=O)NCCCCc1ccccc1NC=O. The van der Waals surface area contributed by atoms with Gasteiger partial charge in [-0.3, -0.25) is 4.79 Å².